The predicted molar refractivity (Wildman–Crippen MR) is 104 cm³/mol. The van der Waals surface area contributed by atoms with Crippen molar-refractivity contribution in [3.63, 3.8) is 0 Å². The Morgan fingerprint density at radius 1 is 1.08 bits per heavy atom. The van der Waals surface area contributed by atoms with E-state index >= 15 is 0 Å². The first-order valence-electron chi connectivity index (χ1n) is 10.1. The Hall–Kier alpha value is -1.55. The van der Waals surface area contributed by atoms with Gasteiger partial charge in [0, 0.05) is 38.3 Å². The molecule has 1 aromatic carbocycles. The summed E-state index contributed by atoms with van der Waals surface area (Å²) in [6.07, 6.45) is 9.33. The molecular weight excluding hydrogens is 308 g/mol. The molecule has 2 bridgehead atoms. The van der Waals surface area contributed by atoms with Crippen LogP contribution in [0.25, 0.3) is 0 Å². The maximum Gasteiger partial charge on any atom is 0.191 e. The molecule has 2 saturated heterocycles. The summed E-state index contributed by atoms with van der Waals surface area (Å²) in [7, 11) is 1.89. The van der Waals surface area contributed by atoms with Crippen LogP contribution < -0.4 is 10.6 Å². The van der Waals surface area contributed by atoms with Crippen molar-refractivity contribution in [3.8, 4) is 0 Å². The van der Waals surface area contributed by atoms with E-state index in [9.17, 15) is 0 Å². The van der Waals surface area contributed by atoms with Crippen molar-refractivity contribution >= 4 is 5.96 Å². The molecule has 2 unspecified atom stereocenters. The Morgan fingerprint density at radius 2 is 1.80 bits per heavy atom. The quantitative estimate of drug-likeness (QED) is 0.617. The summed E-state index contributed by atoms with van der Waals surface area (Å²) < 4.78 is 0. The summed E-state index contributed by atoms with van der Waals surface area (Å²) in [6, 6.07) is 12.9. The Kier molecular flexibility index (Phi) is 5.25. The Labute approximate surface area is 152 Å². The fraction of sp³-hybridized carbons (Fsp3) is 0.667. The highest BCUT2D eigenvalue weighted by Crippen LogP contribution is 2.36. The number of hydrogen-bond donors (Lipinski definition) is 2. The molecule has 25 heavy (non-hydrogen) atoms. The molecule has 2 heterocycles. The number of aliphatic imine (C=N–C) groups is 1. The van der Waals surface area contributed by atoms with Crippen molar-refractivity contribution in [2.45, 2.75) is 69.6 Å². The van der Waals surface area contributed by atoms with Gasteiger partial charge in [-0.2, -0.15) is 0 Å². The van der Waals surface area contributed by atoms with Gasteiger partial charge in [-0.05, 0) is 43.6 Å². The molecule has 3 aliphatic rings. The van der Waals surface area contributed by atoms with Crippen LogP contribution in [0.2, 0.25) is 0 Å². The van der Waals surface area contributed by atoms with Gasteiger partial charge < -0.3 is 10.6 Å². The van der Waals surface area contributed by atoms with Gasteiger partial charge in [0.15, 0.2) is 5.96 Å². The van der Waals surface area contributed by atoms with Crippen LogP contribution >= 0.6 is 0 Å². The number of nitrogens with zero attached hydrogens (tertiary/aromatic N) is 2. The second-order valence-electron chi connectivity index (χ2n) is 8.09. The van der Waals surface area contributed by atoms with E-state index < -0.39 is 0 Å². The monoisotopic (exact) mass is 340 g/mol. The molecule has 1 aromatic rings. The van der Waals surface area contributed by atoms with Crippen molar-refractivity contribution in [1.82, 2.24) is 15.5 Å². The van der Waals surface area contributed by atoms with Crippen LogP contribution in [-0.4, -0.2) is 42.6 Å². The lowest BCUT2D eigenvalue weighted by atomic mass is 9.96. The SMILES string of the molecule is CN=C(NCCC1CC1)NC1CC2CCC(C1)N2Cc1ccccc1. The second kappa shape index (κ2) is 7.77. The fourth-order valence-electron chi connectivity index (χ4n) is 4.63. The summed E-state index contributed by atoms with van der Waals surface area (Å²) in [5, 5.41) is 7.21. The van der Waals surface area contributed by atoms with E-state index in [1.54, 1.807) is 0 Å². The van der Waals surface area contributed by atoms with Crippen LogP contribution in [0.15, 0.2) is 35.3 Å². The van der Waals surface area contributed by atoms with Gasteiger partial charge >= 0.3 is 0 Å². The first kappa shape index (κ1) is 16.9. The Balaban J connectivity index is 1.28. The number of hydrogen-bond acceptors (Lipinski definition) is 2. The lowest BCUT2D eigenvalue weighted by Crippen LogP contribution is -2.52. The lowest BCUT2D eigenvalue weighted by molar-refractivity contribution is 0.114. The molecule has 2 N–H and O–H groups in total. The van der Waals surface area contributed by atoms with E-state index in [2.05, 4.69) is 50.9 Å². The van der Waals surface area contributed by atoms with Crippen LogP contribution in [0.3, 0.4) is 0 Å². The third-order valence-electron chi connectivity index (χ3n) is 6.20. The molecule has 1 aliphatic carbocycles. The summed E-state index contributed by atoms with van der Waals surface area (Å²) in [6.45, 7) is 2.17. The van der Waals surface area contributed by atoms with Crippen molar-refractivity contribution in [2.75, 3.05) is 13.6 Å². The maximum atomic E-state index is 4.44. The average Bonchev–Trinajstić information content (AvgIpc) is 3.42. The van der Waals surface area contributed by atoms with Gasteiger partial charge in [-0.25, -0.2) is 0 Å². The molecular formula is C21H32N4. The summed E-state index contributed by atoms with van der Waals surface area (Å²) >= 11 is 0. The van der Waals surface area contributed by atoms with Crippen molar-refractivity contribution in [2.24, 2.45) is 10.9 Å². The van der Waals surface area contributed by atoms with Crippen molar-refractivity contribution in [1.29, 1.82) is 0 Å². The highest BCUT2D eigenvalue weighted by molar-refractivity contribution is 5.79. The van der Waals surface area contributed by atoms with Crippen LogP contribution in [0.4, 0.5) is 0 Å². The first-order chi connectivity index (χ1) is 12.3. The molecule has 136 valence electrons. The Bertz CT molecular complexity index is 567. The molecule has 0 aromatic heterocycles. The fourth-order valence-corrected chi connectivity index (χ4v) is 4.63. The molecule has 1 saturated carbocycles. The minimum atomic E-state index is 0.566. The molecule has 4 heteroatoms. The van der Waals surface area contributed by atoms with Crippen LogP contribution in [0.5, 0.6) is 0 Å². The molecule has 2 atom stereocenters. The zero-order chi connectivity index (χ0) is 17.1. The van der Waals surface area contributed by atoms with Crippen molar-refractivity contribution < 1.29 is 0 Å². The van der Waals surface area contributed by atoms with E-state index in [-0.39, 0.29) is 0 Å². The van der Waals surface area contributed by atoms with Crippen LogP contribution in [0.1, 0.15) is 50.5 Å². The lowest BCUT2D eigenvalue weighted by Gasteiger charge is -2.39. The number of rotatable bonds is 6. The highest BCUT2D eigenvalue weighted by Gasteiger charge is 2.40. The largest absolute Gasteiger partial charge is 0.356 e. The number of fused-ring (bicyclic) bond motifs is 2. The van der Waals surface area contributed by atoms with E-state index in [1.807, 2.05) is 7.05 Å². The first-order valence-corrected chi connectivity index (χ1v) is 10.1. The molecule has 4 rings (SSSR count). The van der Waals surface area contributed by atoms with Crippen LogP contribution in [0, 0.1) is 5.92 Å². The van der Waals surface area contributed by atoms with Gasteiger partial charge in [-0.15, -0.1) is 0 Å². The van der Waals surface area contributed by atoms with E-state index in [4.69, 9.17) is 0 Å². The molecule has 0 amide bonds. The normalized spacial score (nSPS) is 29.6. The number of guanidine groups is 1. The second-order valence-corrected chi connectivity index (χ2v) is 8.09. The minimum Gasteiger partial charge on any atom is -0.356 e. The summed E-state index contributed by atoms with van der Waals surface area (Å²) in [5.74, 6) is 1.98. The maximum absolute atomic E-state index is 4.44. The summed E-state index contributed by atoms with van der Waals surface area (Å²) in [4.78, 5) is 7.18. The molecule has 4 nitrogen and oxygen atoms in total. The minimum absolute atomic E-state index is 0.566. The Morgan fingerprint density at radius 3 is 2.44 bits per heavy atom. The van der Waals surface area contributed by atoms with Crippen LogP contribution in [-0.2, 0) is 6.54 Å². The van der Waals surface area contributed by atoms with Gasteiger partial charge in [0.2, 0.25) is 0 Å². The zero-order valence-corrected chi connectivity index (χ0v) is 15.5. The average molecular weight is 341 g/mol. The number of nitrogens with one attached hydrogen (secondary N) is 2. The molecule has 0 spiro atoms. The van der Waals surface area contributed by atoms with E-state index in [0.717, 1.165) is 37.1 Å². The van der Waals surface area contributed by atoms with Gasteiger partial charge in [0.05, 0.1) is 0 Å². The van der Waals surface area contributed by atoms with Gasteiger partial charge in [0.1, 0.15) is 0 Å². The molecule has 2 aliphatic heterocycles. The third-order valence-corrected chi connectivity index (χ3v) is 6.20. The van der Waals surface area contributed by atoms with Gasteiger partial charge in [0.25, 0.3) is 0 Å². The van der Waals surface area contributed by atoms with Gasteiger partial charge in [-0.1, -0.05) is 43.2 Å². The van der Waals surface area contributed by atoms with Crippen molar-refractivity contribution in [3.05, 3.63) is 35.9 Å². The summed E-state index contributed by atoms with van der Waals surface area (Å²) in [5.41, 5.74) is 1.45. The van der Waals surface area contributed by atoms with E-state index in [1.165, 1.54) is 50.5 Å². The smallest absolute Gasteiger partial charge is 0.191 e. The molecule has 3 fully saturated rings. The zero-order valence-electron chi connectivity index (χ0n) is 15.5. The van der Waals surface area contributed by atoms with Gasteiger partial charge in [-0.3, -0.25) is 9.89 Å². The number of benzene rings is 1. The number of piperidine rings is 1. The molecule has 0 radical (unpaired) electrons. The third kappa shape index (κ3) is 4.35. The highest BCUT2D eigenvalue weighted by atomic mass is 15.2. The topological polar surface area (TPSA) is 39.7 Å². The predicted octanol–water partition coefficient (Wildman–Crippen LogP) is 3.15. The van der Waals surface area contributed by atoms with E-state index in [0.29, 0.717) is 6.04 Å². The standard InChI is InChI=1S/C21H32N4/c1-22-21(23-12-11-16-7-8-16)24-18-13-19-9-10-20(14-18)25(19)15-17-5-3-2-4-6-17/h2-6,16,18-20H,7-15H2,1H3,(H2,22,23,24).